The van der Waals surface area contributed by atoms with Gasteiger partial charge in [0.2, 0.25) is 0 Å². The molecule has 7 heavy (non-hydrogen) atoms. The van der Waals surface area contributed by atoms with E-state index in [-0.39, 0.29) is 0 Å². The molecule has 0 spiro atoms. The van der Waals surface area contributed by atoms with Gasteiger partial charge < -0.3 is 4.55 Å². The van der Waals surface area contributed by atoms with Crippen LogP contribution in [0.2, 0.25) is 0 Å². The summed E-state index contributed by atoms with van der Waals surface area (Å²) in [6.07, 6.45) is 0. The van der Waals surface area contributed by atoms with Crippen LogP contribution in [-0.4, -0.2) is 4.55 Å². The van der Waals surface area contributed by atoms with Crippen molar-refractivity contribution in [3.63, 3.8) is 0 Å². The van der Waals surface area contributed by atoms with E-state index in [1.54, 1.807) is 0 Å². The van der Waals surface area contributed by atoms with Gasteiger partial charge in [-0.3, -0.25) is 0 Å². The topological polar surface area (TPSA) is 23.1 Å². The van der Waals surface area contributed by atoms with Crippen molar-refractivity contribution < 1.29 is 24.0 Å². The van der Waals surface area contributed by atoms with Crippen LogP contribution in [0.1, 0.15) is 0 Å². The molecule has 0 heterocycles. The van der Waals surface area contributed by atoms with Crippen LogP contribution in [0.25, 0.3) is 0 Å². The Hall–Kier alpha value is -0.0400. The van der Waals surface area contributed by atoms with Crippen LogP contribution < -0.4 is 0 Å². The van der Waals surface area contributed by atoms with E-state index in [9.17, 15) is 19.4 Å². The normalized spacial score (nSPS) is 23.1. The molecule has 0 rings (SSSR count). The van der Waals surface area contributed by atoms with Crippen molar-refractivity contribution in [1.29, 1.82) is 0 Å². The first-order chi connectivity index (χ1) is 2.45. The molecule has 0 unspecified atom stereocenters. The molecule has 0 bridgehead atoms. The second kappa shape index (κ2) is 0.655. The molecule has 0 saturated carbocycles. The average Bonchev–Trinajstić information content (AvgIpc) is 0.592. The van der Waals surface area contributed by atoms with E-state index in [4.69, 9.17) is 4.55 Å². The Morgan fingerprint density at radius 1 is 0.857 bits per heavy atom. The summed E-state index contributed by atoms with van der Waals surface area (Å²) < 4.78 is 57.8. The van der Waals surface area contributed by atoms with Crippen LogP contribution >= 0.6 is 10.5 Å². The first kappa shape index (κ1) is 6.96. The monoisotopic (exact) mass is 143 g/mol. The third-order valence-electron chi connectivity index (χ3n) is 0. The number of hydrogen-bond acceptors (Lipinski definition) is 1. The van der Waals surface area contributed by atoms with Gasteiger partial charge in [-0.05, 0) is 0 Å². The minimum Gasteiger partial charge on any atom is -0.713 e. The van der Waals surface area contributed by atoms with E-state index < -0.39 is 10.5 Å². The maximum absolute atomic E-state index is 10.2. The van der Waals surface area contributed by atoms with Crippen molar-refractivity contribution in [3.05, 3.63) is 0 Å². The summed E-state index contributed by atoms with van der Waals surface area (Å²) in [5, 5.41) is 0. The molecule has 0 N–H and O–H groups in total. The molecule has 0 aromatic rings. The van der Waals surface area contributed by atoms with Crippen molar-refractivity contribution in [2.45, 2.75) is 0 Å². The first-order valence-corrected chi connectivity index (χ1v) is 2.81. The van der Waals surface area contributed by atoms with Crippen molar-refractivity contribution >= 4 is 10.5 Å². The van der Waals surface area contributed by atoms with E-state index in [2.05, 4.69) is 0 Å². The smallest absolute Gasteiger partial charge is 0.251 e. The van der Waals surface area contributed by atoms with Crippen molar-refractivity contribution in [2.75, 3.05) is 0 Å². The fourth-order valence-electron chi connectivity index (χ4n) is 0. The lowest BCUT2D eigenvalue weighted by molar-refractivity contribution is 0.219. The summed E-state index contributed by atoms with van der Waals surface area (Å²) in [7, 11) is -10.2. The molecule has 0 aliphatic heterocycles. The van der Waals surface area contributed by atoms with Crippen LogP contribution in [-0.2, 0) is 0 Å². The zero-order valence-corrected chi connectivity index (χ0v) is 3.52. The van der Waals surface area contributed by atoms with E-state index in [1.165, 1.54) is 0 Å². The summed E-state index contributed by atoms with van der Waals surface area (Å²) in [6.45, 7) is 0. The highest BCUT2D eigenvalue weighted by Crippen LogP contribution is 2.94. The molecule has 0 aliphatic carbocycles. The maximum Gasteiger partial charge on any atom is 0.251 e. The molecular weight excluding hydrogens is 143 g/mol. The van der Waals surface area contributed by atoms with E-state index in [0.29, 0.717) is 0 Å². The van der Waals surface area contributed by atoms with Gasteiger partial charge in [0.15, 0.2) is 0 Å². The van der Waals surface area contributed by atoms with Gasteiger partial charge in [-0.1, -0.05) is 0 Å². The molecule has 0 aromatic carbocycles. The second-order valence-corrected chi connectivity index (χ2v) is 2.69. The van der Waals surface area contributed by atoms with E-state index in [0.717, 1.165) is 0 Å². The molecule has 0 atom stereocenters. The third-order valence-corrected chi connectivity index (χ3v) is 0. The van der Waals surface area contributed by atoms with Gasteiger partial charge >= 0.3 is 0 Å². The quantitative estimate of drug-likeness (QED) is 0.477. The fourth-order valence-corrected chi connectivity index (χ4v) is 0. The van der Waals surface area contributed by atoms with Crippen LogP contribution in [0, 0.1) is 0 Å². The molecule has 0 aliphatic rings. The van der Waals surface area contributed by atoms with Crippen LogP contribution in [0.15, 0.2) is 0 Å². The van der Waals surface area contributed by atoms with Gasteiger partial charge in [-0.25, -0.2) is 0 Å². The zero-order valence-electron chi connectivity index (χ0n) is 2.71. The van der Waals surface area contributed by atoms with Gasteiger partial charge in [0.25, 0.3) is 10.5 Å². The highest BCUT2D eigenvalue weighted by molar-refractivity contribution is 8.41. The lowest BCUT2D eigenvalue weighted by Crippen LogP contribution is -2.01. The second-order valence-electron chi connectivity index (χ2n) is 0.898. The van der Waals surface area contributed by atoms with Gasteiger partial charge in [0.05, 0.1) is 0 Å². The largest absolute Gasteiger partial charge is 0.713 e. The van der Waals surface area contributed by atoms with Gasteiger partial charge in [-0.2, -0.15) is 0 Å². The maximum atomic E-state index is 9.96. The Kier molecular flexibility index (Phi) is 0.651. The summed E-state index contributed by atoms with van der Waals surface area (Å²) in [4.78, 5) is 0. The summed E-state index contributed by atoms with van der Waals surface area (Å²) >= 11 is 0. The summed E-state index contributed by atoms with van der Waals surface area (Å²) in [6, 6.07) is 0. The van der Waals surface area contributed by atoms with Gasteiger partial charge in [0, 0.05) is 0 Å². The highest BCUT2D eigenvalue weighted by Gasteiger charge is 2.49. The van der Waals surface area contributed by atoms with Crippen LogP contribution in [0.3, 0.4) is 0 Å². The average molecular weight is 143 g/mol. The molecule has 1 nitrogen and oxygen atoms in total. The third kappa shape index (κ3) is 58400. The zero-order chi connectivity index (χ0) is 6.41. The molecule has 0 fully saturated rings. The van der Waals surface area contributed by atoms with E-state index in [1.807, 2.05) is 0 Å². The Morgan fingerprint density at radius 3 is 0.857 bits per heavy atom. The Bertz CT molecular complexity index is 66.6. The molecule has 0 amide bonds. The summed E-state index contributed by atoms with van der Waals surface area (Å²) in [5.41, 5.74) is 0. The van der Waals surface area contributed by atoms with Crippen LogP contribution in [0.5, 0.6) is 0 Å². The SMILES string of the molecule is [O-]S(F)(F)(F)(F)F. The minimum atomic E-state index is -10.2. The minimum absolute atomic E-state index is 8.04. The highest BCUT2D eigenvalue weighted by atomic mass is 32.5. The Balaban J connectivity index is 4.43. The first-order valence-electron chi connectivity index (χ1n) is 0.938. The van der Waals surface area contributed by atoms with Crippen molar-refractivity contribution in [1.82, 2.24) is 0 Å². The molecule has 0 saturated heterocycles. The molecular formula is F5OS-. The molecule has 7 heteroatoms. The predicted molar refractivity (Wildman–Crippen MR) is 13.9 cm³/mol. The molecule has 0 radical (unpaired) electrons. The summed E-state index contributed by atoms with van der Waals surface area (Å²) in [5.74, 6) is 0. The number of rotatable bonds is 0. The fraction of sp³-hybridized carbons (Fsp3) is 0. The lowest BCUT2D eigenvalue weighted by atomic mass is 15.9. The number of halogens is 5. The Morgan fingerprint density at radius 2 is 0.857 bits per heavy atom. The lowest BCUT2D eigenvalue weighted by Gasteiger charge is -2.45. The molecule has 0 aromatic heterocycles. The standard InChI is InChI=1S/F5HOS/c1-7(2,3,4,5)6/h6H/p-1. The van der Waals surface area contributed by atoms with Crippen LogP contribution in [0.4, 0.5) is 19.4 Å². The van der Waals surface area contributed by atoms with Gasteiger partial charge in [0.1, 0.15) is 0 Å². The van der Waals surface area contributed by atoms with E-state index >= 15 is 0 Å². The predicted octanol–water partition coefficient (Wildman–Crippen LogP) is 2.42. The molecule has 48 valence electrons. The van der Waals surface area contributed by atoms with Crippen molar-refractivity contribution in [3.8, 4) is 0 Å². The number of hydrogen-bond donors (Lipinski definition) is 0. The Labute approximate surface area is 35.7 Å². The van der Waals surface area contributed by atoms with Crippen molar-refractivity contribution in [2.24, 2.45) is 0 Å². The van der Waals surface area contributed by atoms with Gasteiger partial charge in [-0.15, -0.1) is 19.4 Å².